The fourth-order valence-electron chi connectivity index (χ4n) is 11.8. The van der Waals surface area contributed by atoms with Crippen molar-refractivity contribution >= 4 is 11.9 Å². The number of aliphatic hydroxyl groups is 5. The molecule has 1 rings (SSSR count). The summed E-state index contributed by atoms with van der Waals surface area (Å²) in [6, 6.07) is -1.02. The van der Waals surface area contributed by atoms with Crippen LogP contribution in [0.15, 0.2) is 48.6 Å². The monoisotopic (exact) mass is 1230 g/mol. The normalized spacial score (nSPS) is 18.5. The molecule has 0 radical (unpaired) electrons. The maximum Gasteiger partial charge on any atom is 0.306 e. The fourth-order valence-corrected chi connectivity index (χ4v) is 11.8. The Kier molecular flexibility index (Phi) is 60.6. The molecule has 0 spiro atoms. The average Bonchev–Trinajstić information content (AvgIpc) is 2.93. The largest absolute Gasteiger partial charge is 0.454 e. The van der Waals surface area contributed by atoms with Crippen molar-refractivity contribution in [3.8, 4) is 0 Å². The number of allylic oxidation sites excluding steroid dienone is 7. The molecule has 8 atom stereocenters. The van der Waals surface area contributed by atoms with Crippen molar-refractivity contribution in [3.05, 3.63) is 48.6 Å². The third kappa shape index (κ3) is 50.9. The quantitative estimate of drug-likeness (QED) is 0.0195. The van der Waals surface area contributed by atoms with Crippen LogP contribution in [0.2, 0.25) is 0 Å². The van der Waals surface area contributed by atoms with E-state index in [1.807, 2.05) is 6.08 Å². The first-order chi connectivity index (χ1) is 42.7. The predicted octanol–water partition coefficient (Wildman–Crippen LogP) is 19.5. The van der Waals surface area contributed by atoms with Crippen LogP contribution in [0.1, 0.15) is 361 Å². The van der Waals surface area contributed by atoms with Crippen molar-refractivity contribution in [3.63, 3.8) is 0 Å². The van der Waals surface area contributed by atoms with Crippen LogP contribution in [0.3, 0.4) is 0 Å². The Bertz CT molecular complexity index is 1600. The van der Waals surface area contributed by atoms with Gasteiger partial charge in [-0.1, -0.05) is 320 Å². The van der Waals surface area contributed by atoms with Crippen LogP contribution >= 0.6 is 0 Å². The summed E-state index contributed by atoms with van der Waals surface area (Å²) in [6.45, 7) is 5.81. The van der Waals surface area contributed by atoms with E-state index >= 15 is 0 Å². The highest BCUT2D eigenvalue weighted by atomic mass is 16.7. The molecule has 0 bridgehead atoms. The predicted molar refractivity (Wildman–Crippen MR) is 366 cm³/mol. The van der Waals surface area contributed by atoms with Gasteiger partial charge < -0.3 is 45.1 Å². The summed E-state index contributed by atoms with van der Waals surface area (Å²) in [5.74, 6) is -1.18. The molecule has 510 valence electrons. The van der Waals surface area contributed by atoms with Crippen molar-refractivity contribution in [2.45, 2.75) is 410 Å². The minimum atomic E-state index is -1.61. The van der Waals surface area contributed by atoms with Crippen LogP contribution in [0.4, 0.5) is 0 Å². The van der Waals surface area contributed by atoms with Crippen LogP contribution < -0.4 is 5.32 Å². The molecule has 6 N–H and O–H groups in total. The van der Waals surface area contributed by atoms with E-state index in [1.165, 1.54) is 250 Å². The van der Waals surface area contributed by atoms with Crippen LogP contribution in [-0.4, -0.2) is 99.6 Å². The summed E-state index contributed by atoms with van der Waals surface area (Å²) in [5.41, 5.74) is 0. The number of unbranched alkanes of at least 4 members (excludes halogenated alkanes) is 45. The van der Waals surface area contributed by atoms with E-state index in [4.69, 9.17) is 14.2 Å². The van der Waals surface area contributed by atoms with Gasteiger partial charge in [0, 0.05) is 6.42 Å². The lowest BCUT2D eigenvalue weighted by Crippen LogP contribution is -2.61. The molecule has 1 fully saturated rings. The molecule has 0 aromatic carbocycles. The van der Waals surface area contributed by atoms with Crippen LogP contribution in [0.5, 0.6) is 0 Å². The Balaban J connectivity index is 2.51. The zero-order chi connectivity index (χ0) is 63.1. The van der Waals surface area contributed by atoms with E-state index in [-0.39, 0.29) is 13.0 Å². The van der Waals surface area contributed by atoms with E-state index in [2.05, 4.69) is 62.5 Å². The molecular weight excluding hydrogens is 1090 g/mol. The summed E-state index contributed by atoms with van der Waals surface area (Å²) >= 11 is 0. The van der Waals surface area contributed by atoms with Crippen molar-refractivity contribution in [2.24, 2.45) is 0 Å². The summed E-state index contributed by atoms with van der Waals surface area (Å²) in [7, 11) is 0. The third-order valence-corrected chi connectivity index (χ3v) is 17.7. The lowest BCUT2D eigenvalue weighted by molar-refractivity contribution is -0.305. The molecule has 0 aromatic heterocycles. The van der Waals surface area contributed by atoms with Crippen molar-refractivity contribution < 1.29 is 49.3 Å². The standard InChI is InChI=1S/C76H141NO10/c1-4-7-10-13-16-19-22-24-26-28-30-32-34-36-37-39-41-43-45-48-51-54-57-60-63-69(80)75(84)77-67(68(79)62-59-56-53-50-47-21-18-15-12-9-6-3)66-85-76-74(73(83)72(82)70(65-78)86-76)87-71(81)64-61-58-55-52-49-46-44-42-40-38-35-33-31-29-27-25-23-20-17-14-11-8-5-2/h17,20,24-27,59,62,67-70,72-74,76,78-80,82-83H,4-16,18-19,21-23,28-58,60-61,63-66H2,1-3H3,(H,77,84)/b20-17-,26-24+,27-25-,62-59+. The number of carbonyl (C=O) groups excluding carboxylic acids is 2. The molecule has 11 heteroatoms. The lowest BCUT2D eigenvalue weighted by Gasteiger charge is -2.41. The Hall–Kier alpha value is -2.38. The number of hydrogen-bond acceptors (Lipinski definition) is 10. The second-order valence-corrected chi connectivity index (χ2v) is 26.0. The van der Waals surface area contributed by atoms with Crippen LogP contribution in [0.25, 0.3) is 0 Å². The van der Waals surface area contributed by atoms with Gasteiger partial charge in [0.1, 0.15) is 24.4 Å². The highest BCUT2D eigenvalue weighted by Crippen LogP contribution is 2.26. The van der Waals surface area contributed by atoms with Gasteiger partial charge in [-0.2, -0.15) is 0 Å². The summed E-state index contributed by atoms with van der Waals surface area (Å²) < 4.78 is 17.7. The number of rotatable bonds is 65. The van der Waals surface area contributed by atoms with Gasteiger partial charge in [-0.15, -0.1) is 0 Å². The zero-order valence-electron chi connectivity index (χ0n) is 56.9. The highest BCUT2D eigenvalue weighted by molar-refractivity contribution is 5.80. The highest BCUT2D eigenvalue weighted by Gasteiger charge is 2.47. The summed E-state index contributed by atoms with van der Waals surface area (Å²) in [5, 5.41) is 57.3. The number of aliphatic hydroxyl groups excluding tert-OH is 5. The summed E-state index contributed by atoms with van der Waals surface area (Å²) in [4.78, 5) is 26.7. The first-order valence-corrected chi connectivity index (χ1v) is 37.4. The Morgan fingerprint density at radius 3 is 1.21 bits per heavy atom. The first kappa shape index (κ1) is 82.6. The molecule has 1 amide bonds. The molecule has 1 aliphatic heterocycles. The fraction of sp³-hybridized carbons (Fsp3) is 0.868. The van der Waals surface area contributed by atoms with Gasteiger partial charge >= 0.3 is 5.97 Å². The molecule has 11 nitrogen and oxygen atoms in total. The molecule has 8 unspecified atom stereocenters. The molecule has 0 aliphatic carbocycles. The molecule has 1 heterocycles. The summed E-state index contributed by atoms with van der Waals surface area (Å²) in [6.07, 6.45) is 70.2. The molecule has 0 aromatic rings. The average molecular weight is 1230 g/mol. The van der Waals surface area contributed by atoms with Crippen molar-refractivity contribution in [1.82, 2.24) is 5.32 Å². The maximum atomic E-state index is 13.5. The maximum absolute atomic E-state index is 13.5. The van der Waals surface area contributed by atoms with Crippen LogP contribution in [0, 0.1) is 0 Å². The van der Waals surface area contributed by atoms with Crippen molar-refractivity contribution in [2.75, 3.05) is 13.2 Å². The zero-order valence-corrected chi connectivity index (χ0v) is 56.9. The third-order valence-electron chi connectivity index (χ3n) is 17.7. The first-order valence-electron chi connectivity index (χ1n) is 37.4. The molecule has 1 aliphatic rings. The van der Waals surface area contributed by atoms with Gasteiger partial charge in [-0.05, 0) is 83.5 Å². The minimum Gasteiger partial charge on any atom is -0.454 e. The van der Waals surface area contributed by atoms with E-state index in [9.17, 15) is 35.1 Å². The number of esters is 1. The Labute approximate surface area is 536 Å². The topological polar surface area (TPSA) is 175 Å². The van der Waals surface area contributed by atoms with Gasteiger partial charge in [0.2, 0.25) is 5.91 Å². The van der Waals surface area contributed by atoms with E-state index in [0.29, 0.717) is 19.3 Å². The Morgan fingerprint density at radius 2 is 0.793 bits per heavy atom. The molecular formula is C76H141NO10. The van der Waals surface area contributed by atoms with Gasteiger partial charge in [-0.25, -0.2) is 0 Å². The van der Waals surface area contributed by atoms with Crippen molar-refractivity contribution in [1.29, 1.82) is 0 Å². The van der Waals surface area contributed by atoms with Crippen LogP contribution in [-0.2, 0) is 23.8 Å². The molecule has 87 heavy (non-hydrogen) atoms. The molecule has 0 saturated carbocycles. The minimum absolute atomic E-state index is 0.125. The SMILES string of the molecule is CCCCC/C=C\C/C=C\CCCCCCCCCCCCCCCC(=O)OC1C(OCC(NC(=O)C(O)CCCCCCCCCCCCCCCC/C=C/CCCCCCCC)C(O)/C=C/CCCCCCCCCCC)OC(CO)C(O)C1O. The van der Waals surface area contributed by atoms with E-state index in [1.54, 1.807) is 6.08 Å². The van der Waals surface area contributed by atoms with Gasteiger partial charge in [0.15, 0.2) is 12.4 Å². The van der Waals surface area contributed by atoms with Gasteiger partial charge in [0.05, 0.1) is 25.4 Å². The molecule has 1 saturated heterocycles. The number of nitrogens with one attached hydrogen (secondary N) is 1. The number of ether oxygens (including phenoxy) is 3. The number of amides is 1. The number of carbonyl (C=O) groups is 2. The second-order valence-electron chi connectivity index (χ2n) is 26.0. The van der Waals surface area contributed by atoms with E-state index in [0.717, 1.165) is 64.2 Å². The smallest absolute Gasteiger partial charge is 0.306 e. The Morgan fingerprint density at radius 1 is 0.448 bits per heavy atom. The number of hydrogen-bond donors (Lipinski definition) is 6. The van der Waals surface area contributed by atoms with E-state index < -0.39 is 67.4 Å². The lowest BCUT2D eigenvalue weighted by atomic mass is 9.99. The second kappa shape index (κ2) is 63.8. The van der Waals surface area contributed by atoms with Gasteiger partial charge in [0.25, 0.3) is 0 Å². The van der Waals surface area contributed by atoms with Gasteiger partial charge in [-0.3, -0.25) is 9.59 Å².